The Hall–Kier alpha value is -3.05. The molecule has 0 fully saturated rings. The normalized spacial score (nSPS) is 20.8. The Balaban J connectivity index is 1.62. The van der Waals surface area contributed by atoms with Crippen molar-refractivity contribution in [1.82, 2.24) is 5.16 Å². The van der Waals surface area contributed by atoms with Crippen LogP contribution in [-0.2, 0) is 4.79 Å². The number of ketones is 1. The average Bonchev–Trinajstić information content (AvgIpc) is 3.07. The Labute approximate surface area is 173 Å². The van der Waals surface area contributed by atoms with Crippen LogP contribution in [0.2, 0.25) is 5.02 Å². The number of hydrogen-bond acceptors (Lipinski definition) is 5. The van der Waals surface area contributed by atoms with Crippen LogP contribution in [-0.4, -0.2) is 16.0 Å². The number of phenolic OH excluding ortho intramolecular Hbond substituents is 1. The van der Waals surface area contributed by atoms with Gasteiger partial charge >= 0.3 is 0 Å². The summed E-state index contributed by atoms with van der Waals surface area (Å²) in [7, 11) is 0. The molecule has 6 heteroatoms. The second kappa shape index (κ2) is 6.78. The van der Waals surface area contributed by atoms with E-state index in [9.17, 15) is 9.90 Å². The molecule has 1 aliphatic heterocycles. The Kier molecular flexibility index (Phi) is 4.21. The van der Waals surface area contributed by atoms with Crippen molar-refractivity contribution in [3.8, 4) is 5.75 Å². The molecule has 0 bridgehead atoms. The fourth-order valence-corrected chi connectivity index (χ4v) is 4.61. The molecule has 0 radical (unpaired) electrons. The van der Waals surface area contributed by atoms with Gasteiger partial charge in [-0.1, -0.05) is 41.0 Å². The number of allylic oxidation sites excluding steroid dienone is 2. The zero-order valence-electron chi connectivity index (χ0n) is 15.8. The molecule has 2 heterocycles. The first kappa shape index (κ1) is 18.0. The van der Waals surface area contributed by atoms with Gasteiger partial charge in [0.15, 0.2) is 5.78 Å². The lowest BCUT2D eigenvalue weighted by Gasteiger charge is -2.34. The average molecular weight is 407 g/mol. The molecule has 2 N–H and O–H groups in total. The van der Waals surface area contributed by atoms with Gasteiger partial charge in [-0.3, -0.25) is 4.79 Å². The van der Waals surface area contributed by atoms with Gasteiger partial charge in [-0.05, 0) is 54.7 Å². The number of hydrogen-bond donors (Lipinski definition) is 2. The maximum atomic E-state index is 13.4. The van der Waals surface area contributed by atoms with Crippen LogP contribution >= 0.6 is 11.6 Å². The fourth-order valence-electron chi connectivity index (χ4n) is 4.48. The van der Waals surface area contributed by atoms with Crippen LogP contribution in [0.15, 0.2) is 64.3 Å². The van der Waals surface area contributed by atoms with E-state index in [0.717, 1.165) is 33.7 Å². The molecule has 0 amide bonds. The van der Waals surface area contributed by atoms with Gasteiger partial charge in [0.2, 0.25) is 5.88 Å². The van der Waals surface area contributed by atoms with Gasteiger partial charge in [0.1, 0.15) is 5.75 Å². The molecular weight excluding hydrogens is 388 g/mol. The molecule has 2 aliphatic rings. The summed E-state index contributed by atoms with van der Waals surface area (Å²) in [6.45, 7) is 1.87. The zero-order chi connectivity index (χ0) is 20.1. The van der Waals surface area contributed by atoms with E-state index >= 15 is 0 Å². The Morgan fingerprint density at radius 1 is 1.14 bits per heavy atom. The summed E-state index contributed by atoms with van der Waals surface area (Å²) in [4.78, 5) is 13.4. The minimum atomic E-state index is -0.307. The predicted octanol–water partition coefficient (Wildman–Crippen LogP) is 5.30. The van der Waals surface area contributed by atoms with E-state index in [4.69, 9.17) is 16.1 Å². The van der Waals surface area contributed by atoms with Crippen molar-refractivity contribution in [1.29, 1.82) is 0 Å². The van der Waals surface area contributed by atoms with Crippen molar-refractivity contribution in [3.05, 3.63) is 87.2 Å². The number of rotatable bonds is 2. The molecule has 2 aromatic carbocycles. The number of nitrogens with zero attached hydrogens (tertiary/aromatic N) is 1. The van der Waals surface area contributed by atoms with Crippen molar-refractivity contribution in [2.45, 2.75) is 31.6 Å². The summed E-state index contributed by atoms with van der Waals surface area (Å²) < 4.78 is 5.52. The summed E-state index contributed by atoms with van der Waals surface area (Å²) in [5, 5.41) is 18.1. The Morgan fingerprint density at radius 3 is 2.69 bits per heavy atom. The Bertz CT molecular complexity index is 1150. The maximum Gasteiger partial charge on any atom is 0.233 e. The highest BCUT2D eigenvalue weighted by Crippen LogP contribution is 2.49. The van der Waals surface area contributed by atoms with Gasteiger partial charge < -0.3 is 14.9 Å². The lowest BCUT2D eigenvalue weighted by Crippen LogP contribution is -2.29. The number of phenols is 1. The topological polar surface area (TPSA) is 75.4 Å². The first-order chi connectivity index (χ1) is 14.0. The molecule has 3 aromatic rings. The lowest BCUT2D eigenvalue weighted by atomic mass is 9.72. The predicted molar refractivity (Wildman–Crippen MR) is 110 cm³/mol. The van der Waals surface area contributed by atoms with E-state index in [-0.39, 0.29) is 23.4 Å². The molecule has 146 valence electrons. The zero-order valence-corrected chi connectivity index (χ0v) is 16.5. The first-order valence-corrected chi connectivity index (χ1v) is 9.93. The number of Topliss-reactive ketones (excluding diaryl/α,β-unsaturated/α-hetero) is 1. The second-order valence-corrected chi connectivity index (χ2v) is 8.07. The molecule has 0 spiro atoms. The van der Waals surface area contributed by atoms with Crippen LogP contribution in [0.1, 0.15) is 47.1 Å². The molecule has 5 rings (SSSR count). The highest BCUT2D eigenvalue weighted by Gasteiger charge is 2.41. The largest absolute Gasteiger partial charge is 0.508 e. The van der Waals surface area contributed by atoms with Gasteiger partial charge in [-0.2, -0.15) is 0 Å². The van der Waals surface area contributed by atoms with E-state index in [1.165, 1.54) is 0 Å². The van der Waals surface area contributed by atoms with Crippen molar-refractivity contribution in [2.24, 2.45) is 0 Å². The molecule has 0 unspecified atom stereocenters. The molecular formula is C23H19ClN2O3. The molecule has 0 saturated carbocycles. The molecule has 29 heavy (non-hydrogen) atoms. The van der Waals surface area contributed by atoms with E-state index in [1.54, 1.807) is 18.2 Å². The monoisotopic (exact) mass is 406 g/mol. The quantitative estimate of drug-likeness (QED) is 0.604. The van der Waals surface area contributed by atoms with Gasteiger partial charge in [-0.15, -0.1) is 0 Å². The number of carbonyl (C=O) groups excluding carboxylic acids is 1. The Morgan fingerprint density at radius 2 is 1.93 bits per heavy atom. The molecule has 2 atom stereocenters. The van der Waals surface area contributed by atoms with E-state index in [0.29, 0.717) is 23.7 Å². The van der Waals surface area contributed by atoms with Crippen LogP contribution in [0.25, 0.3) is 0 Å². The smallest absolute Gasteiger partial charge is 0.233 e. The SMILES string of the molecule is Cc1noc2c1[C@@H](c1cccc(O)c1)C1=C(C[C@H](c3ccc(Cl)cc3)CC1=O)N2. The molecule has 1 aliphatic carbocycles. The molecule has 5 nitrogen and oxygen atoms in total. The number of aryl methyl sites for hydroxylation is 1. The number of carbonyl (C=O) groups is 1. The maximum absolute atomic E-state index is 13.4. The summed E-state index contributed by atoms with van der Waals surface area (Å²) in [6.07, 6.45) is 1.12. The van der Waals surface area contributed by atoms with Gasteiger partial charge in [-0.25, -0.2) is 0 Å². The van der Waals surface area contributed by atoms with Crippen molar-refractivity contribution in [2.75, 3.05) is 5.32 Å². The molecule has 1 aromatic heterocycles. The minimum absolute atomic E-state index is 0.0708. The van der Waals surface area contributed by atoms with Crippen molar-refractivity contribution in [3.63, 3.8) is 0 Å². The third kappa shape index (κ3) is 3.02. The highest BCUT2D eigenvalue weighted by molar-refractivity contribution is 6.30. The number of halogens is 1. The molecule has 0 saturated heterocycles. The number of fused-ring (bicyclic) bond motifs is 1. The van der Waals surface area contributed by atoms with E-state index in [1.807, 2.05) is 37.3 Å². The summed E-state index contributed by atoms with van der Waals surface area (Å²) >= 11 is 6.02. The van der Waals surface area contributed by atoms with Gasteiger partial charge in [0.05, 0.1) is 11.3 Å². The van der Waals surface area contributed by atoms with E-state index in [2.05, 4.69) is 10.5 Å². The minimum Gasteiger partial charge on any atom is -0.508 e. The number of aromatic nitrogens is 1. The van der Waals surface area contributed by atoms with E-state index < -0.39 is 0 Å². The summed E-state index contributed by atoms with van der Waals surface area (Å²) in [6, 6.07) is 14.7. The third-order valence-corrected chi connectivity index (χ3v) is 6.05. The summed E-state index contributed by atoms with van der Waals surface area (Å²) in [5.41, 5.74) is 5.12. The van der Waals surface area contributed by atoms with Gasteiger partial charge in [0, 0.05) is 28.6 Å². The standard InChI is InChI=1S/C23H19ClN2O3/c1-12-20-21(14-3-2-4-17(27)9-14)22-18(25-23(20)29-26-12)10-15(11-19(22)28)13-5-7-16(24)8-6-13/h2-9,15,21,25,27H,10-11H2,1H3/t15-,21+/m0/s1. The first-order valence-electron chi connectivity index (χ1n) is 9.55. The van der Waals surface area contributed by atoms with Crippen LogP contribution in [0.3, 0.4) is 0 Å². The lowest BCUT2D eigenvalue weighted by molar-refractivity contribution is -0.116. The number of aromatic hydroxyl groups is 1. The third-order valence-electron chi connectivity index (χ3n) is 5.80. The highest BCUT2D eigenvalue weighted by atomic mass is 35.5. The second-order valence-electron chi connectivity index (χ2n) is 7.64. The van der Waals surface area contributed by atoms with Crippen molar-refractivity contribution < 1.29 is 14.4 Å². The number of anilines is 1. The van der Waals surface area contributed by atoms with Gasteiger partial charge in [0.25, 0.3) is 0 Å². The van der Waals surface area contributed by atoms with Crippen LogP contribution < -0.4 is 5.32 Å². The van der Waals surface area contributed by atoms with Crippen LogP contribution in [0.5, 0.6) is 5.75 Å². The fraction of sp³-hybridized carbons (Fsp3) is 0.217. The van der Waals surface area contributed by atoms with Crippen molar-refractivity contribution >= 4 is 23.3 Å². The number of nitrogens with one attached hydrogen (secondary N) is 1. The summed E-state index contributed by atoms with van der Waals surface area (Å²) in [5.74, 6) is 0.596. The number of benzene rings is 2. The van der Waals surface area contributed by atoms with Crippen LogP contribution in [0.4, 0.5) is 5.88 Å². The van der Waals surface area contributed by atoms with Crippen LogP contribution in [0, 0.1) is 6.92 Å².